The van der Waals surface area contributed by atoms with Crippen LogP contribution in [0.25, 0.3) is 32.7 Å². The largest absolute Gasteiger partial charge is 0.304 e. The number of benzene rings is 4. The number of hydrogen-bond acceptors (Lipinski definition) is 2. The van der Waals surface area contributed by atoms with Gasteiger partial charge in [0.15, 0.2) is 0 Å². The van der Waals surface area contributed by atoms with Crippen LogP contribution in [-0.4, -0.2) is 35.9 Å². The lowest BCUT2D eigenvalue weighted by Gasteiger charge is -2.10. The fourth-order valence-corrected chi connectivity index (χ4v) is 5.79. The zero-order chi connectivity index (χ0) is 28.2. The van der Waals surface area contributed by atoms with Crippen LogP contribution in [0.2, 0.25) is 0 Å². The van der Waals surface area contributed by atoms with Crippen LogP contribution in [0.5, 0.6) is 0 Å². The normalized spacial score (nSPS) is 12.3. The number of thioether (sulfide) groups is 2. The van der Waals surface area contributed by atoms with Crippen molar-refractivity contribution in [2.45, 2.75) is 52.6 Å². The van der Waals surface area contributed by atoms with Crippen LogP contribution >= 0.6 is 23.5 Å². The second-order valence-corrected chi connectivity index (χ2v) is 11.7. The fourth-order valence-electron chi connectivity index (χ4n) is 4.86. The van der Waals surface area contributed by atoms with E-state index in [-0.39, 0.29) is 0 Å². The van der Waals surface area contributed by atoms with Gasteiger partial charge >= 0.3 is 10.3 Å². The van der Waals surface area contributed by atoms with Gasteiger partial charge in [-0.1, -0.05) is 87.4 Å². The molecule has 4 rings (SSSR count). The Labute approximate surface area is 248 Å². The van der Waals surface area contributed by atoms with Gasteiger partial charge in [-0.3, -0.25) is 20.6 Å². The van der Waals surface area contributed by atoms with Crippen LogP contribution in [0, 0.1) is 0 Å². The van der Waals surface area contributed by atoms with Gasteiger partial charge in [0, 0.05) is 11.1 Å². The molecule has 0 saturated heterocycles. The molecular formula is C34H44N4S2+2. The average Bonchev–Trinajstić information content (AvgIpc) is 3.00. The van der Waals surface area contributed by atoms with Crippen molar-refractivity contribution in [1.82, 2.24) is 10.6 Å². The number of nitrogens with one attached hydrogen (secondary N) is 4. The van der Waals surface area contributed by atoms with Crippen LogP contribution in [-0.2, 0) is 13.1 Å². The maximum atomic E-state index is 3.62. The topological polar surface area (TPSA) is 52.0 Å². The molecule has 0 saturated carbocycles. The maximum absolute atomic E-state index is 3.62. The van der Waals surface area contributed by atoms with Crippen molar-refractivity contribution in [3.63, 3.8) is 0 Å². The molecule has 4 N–H and O–H groups in total. The first-order valence-corrected chi connectivity index (χ1v) is 16.9. The third kappa shape index (κ3) is 8.05. The minimum atomic E-state index is 0.796. The summed E-state index contributed by atoms with van der Waals surface area (Å²) in [6, 6.07) is 26.9. The molecule has 4 aromatic carbocycles. The Kier molecular flexibility index (Phi) is 11.8. The third-order valence-corrected chi connectivity index (χ3v) is 8.59. The van der Waals surface area contributed by atoms with Gasteiger partial charge in [0.1, 0.15) is 13.1 Å². The molecule has 0 amide bonds. The molecule has 4 aromatic rings. The number of amidine groups is 2. The van der Waals surface area contributed by atoms with Gasteiger partial charge in [-0.25, -0.2) is 0 Å². The predicted octanol–water partition coefficient (Wildman–Crippen LogP) is 5.04. The lowest BCUT2D eigenvalue weighted by Crippen LogP contribution is -2.73. The van der Waals surface area contributed by atoms with Crippen molar-refractivity contribution < 1.29 is 9.98 Å². The highest BCUT2D eigenvalue weighted by atomic mass is 32.2. The predicted molar refractivity (Wildman–Crippen MR) is 179 cm³/mol. The molecule has 4 nitrogen and oxygen atoms in total. The quantitative estimate of drug-likeness (QED) is 0.116. The Hall–Kier alpha value is -2.96. The number of hydrogen-bond donors (Lipinski definition) is 4. The molecule has 0 heterocycles. The summed E-state index contributed by atoms with van der Waals surface area (Å²) in [5.74, 6) is 0. The summed E-state index contributed by atoms with van der Waals surface area (Å²) in [4.78, 5) is 7.25. The van der Waals surface area contributed by atoms with E-state index in [4.69, 9.17) is 0 Å². The molecule has 0 aliphatic rings. The molecule has 0 unspecified atom stereocenters. The molecule has 0 aliphatic heterocycles. The zero-order valence-corrected chi connectivity index (χ0v) is 26.0. The summed E-state index contributed by atoms with van der Waals surface area (Å²) >= 11 is 3.48. The summed E-state index contributed by atoms with van der Waals surface area (Å²) in [7, 11) is 0. The zero-order valence-electron chi connectivity index (χ0n) is 24.4. The Morgan fingerprint density at radius 3 is 1.48 bits per heavy atom. The van der Waals surface area contributed by atoms with Gasteiger partial charge in [-0.15, -0.1) is 0 Å². The molecule has 0 aromatic heterocycles. The lowest BCUT2D eigenvalue weighted by atomic mass is 9.95. The van der Waals surface area contributed by atoms with Crippen LogP contribution in [0.15, 0.2) is 72.8 Å². The van der Waals surface area contributed by atoms with E-state index in [1.165, 1.54) is 69.5 Å². The molecular weight excluding hydrogens is 529 g/mol. The van der Waals surface area contributed by atoms with E-state index >= 15 is 0 Å². The van der Waals surface area contributed by atoms with E-state index < -0.39 is 0 Å². The first-order valence-electron chi connectivity index (χ1n) is 14.5. The number of unbranched alkanes of at least 4 members (excludes halogenated alkanes) is 2. The van der Waals surface area contributed by atoms with Crippen molar-refractivity contribution in [2.24, 2.45) is 0 Å². The molecule has 6 heteroatoms. The van der Waals surface area contributed by atoms with Crippen molar-refractivity contribution in [1.29, 1.82) is 0 Å². The number of fused-ring (bicyclic) bond motifs is 2. The standard InChI is InChI=1S/C34H42N4S2/c1-5-7-19-35-33(39-3)37-23-29-13-9-11-25-15-17-27(21-31(25)29)28-18-16-26-12-10-14-30(32(26)22-28)24-38-34(40-4)36-20-8-6-2/h9-18,21-22H,5-8,19-20,23-24H2,1-4H3,(H,35,37)(H,36,38)/p+2. The third-order valence-electron chi connectivity index (χ3n) is 7.20. The SMILES string of the molecule is CCCCNC(=[NH+]Cc1cccc2ccc(-c3ccc4cccc(C[NH+]=C(NCCCC)SC)c4c3)cc12)SC. The summed E-state index contributed by atoms with van der Waals surface area (Å²) in [5, 5.41) is 14.5. The highest BCUT2D eigenvalue weighted by molar-refractivity contribution is 8.13. The summed E-state index contributed by atoms with van der Waals surface area (Å²) in [6.07, 6.45) is 8.99. The summed E-state index contributed by atoms with van der Waals surface area (Å²) in [5.41, 5.74) is 5.11. The molecule has 210 valence electrons. The minimum Gasteiger partial charge on any atom is -0.269 e. The van der Waals surface area contributed by atoms with Crippen LogP contribution in [0.1, 0.15) is 50.7 Å². The molecule has 0 radical (unpaired) electrons. The minimum absolute atomic E-state index is 0.796. The average molecular weight is 573 g/mol. The van der Waals surface area contributed by atoms with Gasteiger partial charge in [0.25, 0.3) is 0 Å². The molecule has 0 spiro atoms. The summed E-state index contributed by atoms with van der Waals surface area (Å²) in [6.45, 7) is 8.05. The summed E-state index contributed by atoms with van der Waals surface area (Å²) < 4.78 is 0. The Morgan fingerprint density at radius 2 is 1.07 bits per heavy atom. The Morgan fingerprint density at radius 1 is 0.625 bits per heavy atom. The highest BCUT2D eigenvalue weighted by Gasteiger charge is 2.10. The van der Waals surface area contributed by atoms with Gasteiger partial charge in [0.2, 0.25) is 0 Å². The second kappa shape index (κ2) is 15.7. The highest BCUT2D eigenvalue weighted by Crippen LogP contribution is 2.30. The second-order valence-electron chi connectivity index (χ2n) is 10.0. The van der Waals surface area contributed by atoms with Gasteiger partial charge in [-0.2, -0.15) is 0 Å². The Balaban J connectivity index is 1.63. The van der Waals surface area contributed by atoms with Gasteiger partial charge < -0.3 is 0 Å². The van der Waals surface area contributed by atoms with Gasteiger partial charge in [-0.05, 0) is 93.7 Å². The van der Waals surface area contributed by atoms with E-state index in [0.29, 0.717) is 0 Å². The van der Waals surface area contributed by atoms with Crippen LogP contribution < -0.4 is 20.6 Å². The Bertz CT molecular complexity index is 1350. The maximum Gasteiger partial charge on any atom is 0.304 e. The first-order chi connectivity index (χ1) is 19.7. The molecule has 40 heavy (non-hydrogen) atoms. The number of rotatable bonds is 11. The monoisotopic (exact) mass is 572 g/mol. The fraction of sp³-hybridized carbons (Fsp3) is 0.353. The van der Waals surface area contributed by atoms with E-state index in [0.717, 1.165) is 36.5 Å². The lowest BCUT2D eigenvalue weighted by molar-refractivity contribution is -0.474. The van der Waals surface area contributed by atoms with Crippen molar-refractivity contribution >= 4 is 55.4 Å². The molecule has 0 atom stereocenters. The first kappa shape index (κ1) is 30.0. The smallest absolute Gasteiger partial charge is 0.269 e. The molecule has 0 aliphatic carbocycles. The van der Waals surface area contributed by atoms with Crippen molar-refractivity contribution in [2.75, 3.05) is 25.6 Å². The van der Waals surface area contributed by atoms with E-state index in [1.807, 2.05) is 0 Å². The van der Waals surface area contributed by atoms with E-state index in [2.05, 4.69) is 120 Å². The molecule has 0 bridgehead atoms. The van der Waals surface area contributed by atoms with Gasteiger partial charge in [0.05, 0.1) is 13.1 Å². The van der Waals surface area contributed by atoms with Crippen molar-refractivity contribution in [3.05, 3.63) is 83.9 Å². The van der Waals surface area contributed by atoms with Crippen molar-refractivity contribution in [3.8, 4) is 11.1 Å². The van der Waals surface area contributed by atoms with Crippen LogP contribution in [0.3, 0.4) is 0 Å². The molecule has 0 fully saturated rings. The van der Waals surface area contributed by atoms with Crippen LogP contribution in [0.4, 0.5) is 0 Å². The van der Waals surface area contributed by atoms with E-state index in [9.17, 15) is 0 Å². The van der Waals surface area contributed by atoms with E-state index in [1.54, 1.807) is 23.5 Å².